The highest BCUT2D eigenvalue weighted by Crippen LogP contribution is 2.19. The molecule has 4 nitrogen and oxygen atoms in total. The Morgan fingerprint density at radius 3 is 2.75 bits per heavy atom. The molecule has 16 heavy (non-hydrogen) atoms. The van der Waals surface area contributed by atoms with Gasteiger partial charge in [-0.1, -0.05) is 17.7 Å². The lowest BCUT2D eigenvalue weighted by Crippen LogP contribution is -2.31. The van der Waals surface area contributed by atoms with Crippen molar-refractivity contribution in [3.8, 4) is 0 Å². The van der Waals surface area contributed by atoms with Gasteiger partial charge in [0, 0.05) is 17.8 Å². The third kappa shape index (κ3) is 2.02. The zero-order valence-corrected chi connectivity index (χ0v) is 9.49. The van der Waals surface area contributed by atoms with Gasteiger partial charge in [-0.25, -0.2) is 0 Å². The minimum Gasteiger partial charge on any atom is -0.373 e. The molecule has 1 aromatic carbocycles. The van der Waals surface area contributed by atoms with E-state index in [4.69, 9.17) is 11.6 Å². The Morgan fingerprint density at radius 1 is 1.44 bits per heavy atom. The molecule has 0 spiro atoms. The van der Waals surface area contributed by atoms with Gasteiger partial charge in [-0.3, -0.25) is 14.5 Å². The molecule has 1 N–H and O–H groups in total. The second-order valence-corrected chi connectivity index (χ2v) is 4.14. The number of imide groups is 1. The molecule has 0 bridgehead atoms. The van der Waals surface area contributed by atoms with Crippen LogP contribution in [0.15, 0.2) is 24.3 Å². The van der Waals surface area contributed by atoms with Crippen LogP contribution in [0.2, 0.25) is 5.02 Å². The molecule has 0 aromatic heterocycles. The number of carbonyl (C=O) groups is 2. The number of benzene rings is 1. The summed E-state index contributed by atoms with van der Waals surface area (Å²) in [7, 11) is 1.49. The lowest BCUT2D eigenvalue weighted by molar-refractivity contribution is -0.136. The Kier molecular flexibility index (Phi) is 2.83. The minimum atomic E-state index is -0.476. The van der Waals surface area contributed by atoms with Crippen LogP contribution in [0, 0.1) is 0 Å². The molecule has 1 unspecified atom stereocenters. The number of anilines is 1. The van der Waals surface area contributed by atoms with Gasteiger partial charge in [0.1, 0.15) is 6.04 Å². The fourth-order valence-electron chi connectivity index (χ4n) is 1.65. The van der Waals surface area contributed by atoms with E-state index in [1.54, 1.807) is 18.2 Å². The fourth-order valence-corrected chi connectivity index (χ4v) is 1.84. The molecule has 2 amide bonds. The number of likely N-dealkylation sites (N-methyl/N-ethyl adjacent to an activating group) is 1. The van der Waals surface area contributed by atoms with Crippen LogP contribution >= 0.6 is 11.6 Å². The van der Waals surface area contributed by atoms with Crippen LogP contribution in [0.5, 0.6) is 0 Å². The molecule has 1 saturated heterocycles. The van der Waals surface area contributed by atoms with Crippen molar-refractivity contribution in [2.24, 2.45) is 0 Å². The second kappa shape index (κ2) is 4.14. The highest BCUT2D eigenvalue weighted by Gasteiger charge is 2.35. The zero-order valence-electron chi connectivity index (χ0n) is 8.74. The van der Waals surface area contributed by atoms with Gasteiger partial charge in [-0.05, 0) is 18.2 Å². The van der Waals surface area contributed by atoms with Crippen molar-refractivity contribution in [1.82, 2.24) is 4.90 Å². The number of nitrogens with zero attached hydrogens (tertiary/aromatic N) is 1. The van der Waals surface area contributed by atoms with Crippen LogP contribution < -0.4 is 5.32 Å². The zero-order chi connectivity index (χ0) is 11.7. The maximum Gasteiger partial charge on any atom is 0.251 e. The van der Waals surface area contributed by atoms with Crippen molar-refractivity contribution in [2.45, 2.75) is 12.5 Å². The summed E-state index contributed by atoms with van der Waals surface area (Å²) in [6, 6.07) is 6.59. The van der Waals surface area contributed by atoms with E-state index in [0.29, 0.717) is 5.02 Å². The number of carbonyl (C=O) groups excluding carboxylic acids is 2. The maximum atomic E-state index is 11.6. The monoisotopic (exact) mass is 238 g/mol. The number of hydrogen-bond acceptors (Lipinski definition) is 3. The van der Waals surface area contributed by atoms with Crippen LogP contribution in [0.25, 0.3) is 0 Å². The van der Waals surface area contributed by atoms with Gasteiger partial charge in [0.2, 0.25) is 5.91 Å². The summed E-state index contributed by atoms with van der Waals surface area (Å²) in [5.41, 5.74) is 0.744. The summed E-state index contributed by atoms with van der Waals surface area (Å²) in [6.07, 6.45) is 0.196. The summed E-state index contributed by atoms with van der Waals surface area (Å²) in [5.74, 6) is -0.366. The van der Waals surface area contributed by atoms with E-state index < -0.39 is 6.04 Å². The largest absolute Gasteiger partial charge is 0.373 e. The molecule has 0 saturated carbocycles. The summed E-state index contributed by atoms with van der Waals surface area (Å²) >= 11 is 5.82. The Balaban J connectivity index is 2.12. The van der Waals surface area contributed by atoms with Gasteiger partial charge in [-0.2, -0.15) is 0 Å². The van der Waals surface area contributed by atoms with Crippen LogP contribution in [0.1, 0.15) is 6.42 Å². The molecule has 1 aliphatic rings. The highest BCUT2D eigenvalue weighted by molar-refractivity contribution is 6.30. The van der Waals surface area contributed by atoms with Gasteiger partial charge in [-0.15, -0.1) is 0 Å². The number of halogens is 1. The van der Waals surface area contributed by atoms with Crippen molar-refractivity contribution >= 4 is 29.1 Å². The van der Waals surface area contributed by atoms with E-state index in [9.17, 15) is 9.59 Å². The van der Waals surface area contributed by atoms with Crippen molar-refractivity contribution in [1.29, 1.82) is 0 Å². The standard InChI is InChI=1S/C11H11ClN2O2/c1-14-10(15)6-9(11(14)16)13-8-4-2-3-7(12)5-8/h2-5,9,13H,6H2,1H3. The van der Waals surface area contributed by atoms with Gasteiger partial charge >= 0.3 is 0 Å². The average molecular weight is 239 g/mol. The lowest BCUT2D eigenvalue weighted by Gasteiger charge is -2.12. The van der Waals surface area contributed by atoms with Crippen molar-refractivity contribution < 1.29 is 9.59 Å². The van der Waals surface area contributed by atoms with E-state index in [0.717, 1.165) is 10.6 Å². The topological polar surface area (TPSA) is 49.4 Å². The Bertz CT molecular complexity index is 447. The lowest BCUT2D eigenvalue weighted by atomic mass is 10.2. The van der Waals surface area contributed by atoms with Crippen molar-refractivity contribution in [3.63, 3.8) is 0 Å². The van der Waals surface area contributed by atoms with E-state index in [1.807, 2.05) is 6.07 Å². The van der Waals surface area contributed by atoms with Gasteiger partial charge in [0.15, 0.2) is 0 Å². The first-order valence-corrected chi connectivity index (χ1v) is 5.28. The molecule has 0 aliphatic carbocycles. The molecule has 5 heteroatoms. The fraction of sp³-hybridized carbons (Fsp3) is 0.273. The van der Waals surface area contributed by atoms with Gasteiger partial charge in [0.05, 0.1) is 6.42 Å². The molecule has 1 aliphatic heterocycles. The molecule has 84 valence electrons. The van der Waals surface area contributed by atoms with Gasteiger partial charge in [0.25, 0.3) is 5.91 Å². The maximum absolute atomic E-state index is 11.6. The molecule has 2 rings (SSSR count). The summed E-state index contributed by atoms with van der Waals surface area (Å²) in [4.78, 5) is 24.0. The first kappa shape index (κ1) is 11.0. The average Bonchev–Trinajstić information content (AvgIpc) is 2.47. The minimum absolute atomic E-state index is 0.162. The summed E-state index contributed by atoms with van der Waals surface area (Å²) in [5, 5.41) is 3.59. The van der Waals surface area contributed by atoms with Crippen LogP contribution in [-0.4, -0.2) is 29.8 Å². The quantitative estimate of drug-likeness (QED) is 0.795. The SMILES string of the molecule is CN1C(=O)CC(Nc2cccc(Cl)c2)C1=O. The van der Waals surface area contributed by atoms with Crippen molar-refractivity contribution in [3.05, 3.63) is 29.3 Å². The Labute approximate surface area is 98.2 Å². The molecular weight excluding hydrogens is 228 g/mol. The number of likely N-dealkylation sites (tertiary alicyclic amines) is 1. The molecule has 1 atom stereocenters. The van der Waals surface area contributed by atoms with E-state index in [1.165, 1.54) is 7.05 Å². The predicted octanol–water partition coefficient (Wildman–Crippen LogP) is 1.51. The third-order valence-electron chi connectivity index (χ3n) is 2.55. The third-order valence-corrected chi connectivity index (χ3v) is 2.78. The molecule has 1 aromatic rings. The van der Waals surface area contributed by atoms with E-state index in [2.05, 4.69) is 5.32 Å². The summed E-state index contributed by atoms with van der Waals surface area (Å²) < 4.78 is 0. The first-order valence-electron chi connectivity index (χ1n) is 4.90. The van der Waals surface area contributed by atoms with Crippen LogP contribution in [0.3, 0.4) is 0 Å². The first-order chi connectivity index (χ1) is 7.58. The van der Waals surface area contributed by atoms with Gasteiger partial charge < -0.3 is 5.32 Å². The Hall–Kier alpha value is -1.55. The van der Waals surface area contributed by atoms with Crippen molar-refractivity contribution in [2.75, 3.05) is 12.4 Å². The molecular formula is C11H11ClN2O2. The number of hydrogen-bond donors (Lipinski definition) is 1. The van der Waals surface area contributed by atoms with Crippen LogP contribution in [0.4, 0.5) is 5.69 Å². The molecule has 0 radical (unpaired) electrons. The predicted molar refractivity (Wildman–Crippen MR) is 61.3 cm³/mol. The summed E-state index contributed by atoms with van der Waals surface area (Å²) in [6.45, 7) is 0. The molecule has 1 heterocycles. The number of nitrogens with one attached hydrogen (secondary N) is 1. The number of amides is 2. The molecule has 1 fully saturated rings. The van der Waals surface area contributed by atoms with Crippen LogP contribution in [-0.2, 0) is 9.59 Å². The number of rotatable bonds is 2. The van der Waals surface area contributed by atoms with E-state index in [-0.39, 0.29) is 18.2 Å². The normalized spacial score (nSPS) is 20.4. The highest BCUT2D eigenvalue weighted by atomic mass is 35.5. The van der Waals surface area contributed by atoms with E-state index >= 15 is 0 Å². The smallest absolute Gasteiger partial charge is 0.251 e. The Morgan fingerprint density at radius 2 is 2.19 bits per heavy atom. The second-order valence-electron chi connectivity index (χ2n) is 3.70.